The molecule has 39 heavy (non-hydrogen) atoms. The Labute approximate surface area is 227 Å². The number of carbonyl (C=O) groups is 2. The zero-order valence-electron chi connectivity index (χ0n) is 20.9. The Morgan fingerprint density at radius 3 is 2.69 bits per heavy atom. The lowest BCUT2D eigenvalue weighted by molar-refractivity contribution is -0.147. The number of halogens is 2. The Morgan fingerprint density at radius 2 is 2.00 bits per heavy atom. The predicted octanol–water partition coefficient (Wildman–Crippen LogP) is 3.43. The third kappa shape index (κ3) is 4.72. The number of benzene rings is 1. The van der Waals surface area contributed by atoms with E-state index in [9.17, 15) is 9.59 Å². The second-order valence-corrected chi connectivity index (χ2v) is 10.4. The molecule has 6 rings (SSSR count). The first-order valence-corrected chi connectivity index (χ1v) is 12.9. The maximum absolute atomic E-state index is 15.0. The van der Waals surface area contributed by atoms with Crippen LogP contribution in [-0.2, 0) is 9.53 Å². The number of nitrogens with zero attached hydrogens (tertiary/aromatic N) is 4. The molecule has 2 fully saturated rings. The Bertz CT molecular complexity index is 1520. The molecule has 2 aliphatic carbocycles. The van der Waals surface area contributed by atoms with E-state index in [4.69, 9.17) is 20.9 Å². The molecule has 3 aliphatic rings. The number of aryl methyl sites for hydroxylation is 1. The molecular formula is C27H24ClFN6O4. The first kappa shape index (κ1) is 25.3. The zero-order chi connectivity index (χ0) is 27.1. The second kappa shape index (κ2) is 9.97. The fraction of sp³-hybridized carbons (Fsp3) is 0.333. The van der Waals surface area contributed by atoms with Gasteiger partial charge in [0.2, 0.25) is 11.7 Å². The highest BCUT2D eigenvalue weighted by molar-refractivity contribution is 6.31. The van der Waals surface area contributed by atoms with Crippen LogP contribution in [-0.4, -0.2) is 56.7 Å². The summed E-state index contributed by atoms with van der Waals surface area (Å²) in [7, 11) is 0. The highest BCUT2D eigenvalue weighted by Crippen LogP contribution is 2.43. The van der Waals surface area contributed by atoms with E-state index in [1.807, 2.05) is 12.2 Å². The van der Waals surface area contributed by atoms with Crippen molar-refractivity contribution in [3.63, 3.8) is 0 Å². The van der Waals surface area contributed by atoms with Gasteiger partial charge in [-0.05, 0) is 42.5 Å². The topological polar surface area (TPSA) is 132 Å². The van der Waals surface area contributed by atoms with Crippen LogP contribution in [0.15, 0.2) is 53.1 Å². The van der Waals surface area contributed by atoms with Crippen LogP contribution in [0.3, 0.4) is 0 Å². The van der Waals surface area contributed by atoms with Gasteiger partial charge in [0.15, 0.2) is 5.54 Å². The van der Waals surface area contributed by atoms with Crippen molar-refractivity contribution in [2.45, 2.75) is 37.8 Å². The highest BCUT2D eigenvalue weighted by atomic mass is 35.5. The lowest BCUT2D eigenvalue weighted by atomic mass is 9.85. The summed E-state index contributed by atoms with van der Waals surface area (Å²) in [4.78, 5) is 38.0. The van der Waals surface area contributed by atoms with Crippen LogP contribution >= 0.6 is 11.6 Å². The van der Waals surface area contributed by atoms with Gasteiger partial charge < -0.3 is 19.9 Å². The van der Waals surface area contributed by atoms with E-state index < -0.39 is 17.3 Å². The molecule has 1 aromatic carbocycles. The molecule has 1 saturated heterocycles. The Kier molecular flexibility index (Phi) is 6.48. The van der Waals surface area contributed by atoms with Crippen molar-refractivity contribution >= 4 is 29.0 Å². The molecule has 2 atom stereocenters. The van der Waals surface area contributed by atoms with Crippen molar-refractivity contribution in [1.29, 1.82) is 0 Å². The molecule has 10 nitrogen and oxygen atoms in total. The van der Waals surface area contributed by atoms with Crippen LogP contribution in [0.25, 0.3) is 17.0 Å². The first-order valence-electron chi connectivity index (χ1n) is 12.5. The molecule has 3 aromatic rings. The Hall–Kier alpha value is -3.96. The van der Waals surface area contributed by atoms with Crippen LogP contribution in [0.4, 0.5) is 4.39 Å². The number of hydrogen-bond acceptors (Lipinski definition) is 8. The number of carbonyl (C=O) groups excluding carboxylic acids is 2. The van der Waals surface area contributed by atoms with Gasteiger partial charge >= 0.3 is 0 Å². The molecule has 2 N–H and O–H groups in total. The van der Waals surface area contributed by atoms with Gasteiger partial charge in [-0.15, -0.1) is 0 Å². The van der Waals surface area contributed by atoms with Crippen molar-refractivity contribution in [1.82, 2.24) is 30.7 Å². The Morgan fingerprint density at radius 1 is 1.21 bits per heavy atom. The van der Waals surface area contributed by atoms with Crippen molar-refractivity contribution in [2.75, 3.05) is 13.2 Å². The van der Waals surface area contributed by atoms with Gasteiger partial charge in [0.25, 0.3) is 11.8 Å². The molecular weight excluding hydrogens is 527 g/mol. The quantitative estimate of drug-likeness (QED) is 0.477. The fourth-order valence-electron chi connectivity index (χ4n) is 5.34. The van der Waals surface area contributed by atoms with Gasteiger partial charge in [-0.3, -0.25) is 9.59 Å². The first-order chi connectivity index (χ1) is 18.8. The molecule has 1 aliphatic heterocycles. The van der Waals surface area contributed by atoms with E-state index in [1.54, 1.807) is 13.0 Å². The highest BCUT2D eigenvalue weighted by Gasteiger charge is 2.49. The molecule has 1 unspecified atom stereocenters. The standard InChI is InChI=1S/C27H24ClFN6O4/c1-14-32-24(35-39-14)23-20(7-18(28)8-21(23)29)16-2-4-19-15(6-16)3-5-22(19)33-26(37)27(11-38-12-27)34-25(36)17-9-30-13-31-10-17/h2,6-10,13,19,22H,3-5,11-12H2,1H3,(H,33,37)(H,34,36)/t19?,22-/m0/s1. The molecule has 12 heteroatoms. The summed E-state index contributed by atoms with van der Waals surface area (Å²) >= 11 is 6.22. The summed E-state index contributed by atoms with van der Waals surface area (Å²) < 4.78 is 25.4. The lowest BCUT2D eigenvalue weighted by Gasteiger charge is -2.41. The minimum absolute atomic E-state index is 0.0777. The van der Waals surface area contributed by atoms with Gasteiger partial charge in [-0.2, -0.15) is 4.98 Å². The SMILES string of the molecule is Cc1nc(-c2c(F)cc(Cl)cc2C2=CCC3C(=C2)CC[C@@H]3NC(=O)C2(NC(=O)c3cncnc3)COC2)no1. The largest absolute Gasteiger partial charge is 0.375 e. The fourth-order valence-corrected chi connectivity index (χ4v) is 5.55. The number of hydrogen-bond donors (Lipinski definition) is 2. The second-order valence-electron chi connectivity index (χ2n) is 9.94. The van der Waals surface area contributed by atoms with E-state index in [2.05, 4.69) is 30.7 Å². The summed E-state index contributed by atoms with van der Waals surface area (Å²) in [5, 5.41) is 10.1. The van der Waals surface area contributed by atoms with Crippen molar-refractivity contribution in [3.8, 4) is 11.4 Å². The third-order valence-corrected chi connectivity index (χ3v) is 7.60. The minimum Gasteiger partial charge on any atom is -0.375 e. The zero-order valence-corrected chi connectivity index (χ0v) is 21.7. The number of fused-ring (bicyclic) bond motifs is 1. The monoisotopic (exact) mass is 550 g/mol. The van der Waals surface area contributed by atoms with E-state index in [-0.39, 0.29) is 53.1 Å². The van der Waals surface area contributed by atoms with E-state index in [1.165, 1.54) is 24.8 Å². The molecule has 2 aromatic heterocycles. The van der Waals surface area contributed by atoms with Crippen LogP contribution in [0.2, 0.25) is 5.02 Å². The molecule has 3 heterocycles. The number of amides is 2. The molecule has 0 spiro atoms. The average Bonchev–Trinajstić information content (AvgIpc) is 3.51. The van der Waals surface area contributed by atoms with Gasteiger partial charge in [0.1, 0.15) is 12.1 Å². The molecule has 0 bridgehead atoms. The van der Waals surface area contributed by atoms with Gasteiger partial charge in [-0.1, -0.05) is 34.5 Å². The molecule has 2 amide bonds. The molecule has 1 saturated carbocycles. The number of aromatic nitrogens is 4. The molecule has 200 valence electrons. The maximum atomic E-state index is 15.0. The lowest BCUT2D eigenvalue weighted by Crippen LogP contribution is -2.70. The normalized spacial score (nSPS) is 21.3. The number of ether oxygens (including phenoxy) is 1. The van der Waals surface area contributed by atoms with E-state index in [0.29, 0.717) is 17.9 Å². The van der Waals surface area contributed by atoms with Crippen LogP contribution in [0.5, 0.6) is 0 Å². The van der Waals surface area contributed by atoms with E-state index >= 15 is 4.39 Å². The number of rotatable bonds is 6. The molecule has 0 radical (unpaired) electrons. The smallest absolute Gasteiger partial charge is 0.255 e. The number of allylic oxidation sites excluding steroid dienone is 3. The summed E-state index contributed by atoms with van der Waals surface area (Å²) in [6.07, 6.45) is 10.3. The average molecular weight is 551 g/mol. The van der Waals surface area contributed by atoms with Crippen molar-refractivity contribution in [3.05, 3.63) is 76.4 Å². The third-order valence-electron chi connectivity index (χ3n) is 7.38. The van der Waals surface area contributed by atoms with Crippen LogP contribution in [0.1, 0.15) is 41.1 Å². The van der Waals surface area contributed by atoms with Gasteiger partial charge in [-0.25, -0.2) is 14.4 Å². The van der Waals surface area contributed by atoms with Crippen LogP contribution in [0, 0.1) is 18.7 Å². The van der Waals surface area contributed by atoms with Crippen LogP contribution < -0.4 is 10.6 Å². The Balaban J connectivity index is 1.19. The number of nitrogens with one attached hydrogen (secondary N) is 2. The predicted molar refractivity (Wildman–Crippen MR) is 138 cm³/mol. The summed E-state index contributed by atoms with van der Waals surface area (Å²) in [5.74, 6) is -0.688. The minimum atomic E-state index is -1.15. The van der Waals surface area contributed by atoms with E-state index in [0.717, 1.165) is 24.0 Å². The van der Waals surface area contributed by atoms with Crippen molar-refractivity contribution in [2.24, 2.45) is 5.92 Å². The summed E-state index contributed by atoms with van der Waals surface area (Å²) in [6.45, 7) is 1.81. The van der Waals surface area contributed by atoms with Crippen molar-refractivity contribution < 1.29 is 23.2 Å². The van der Waals surface area contributed by atoms with Gasteiger partial charge in [0, 0.05) is 36.3 Å². The van der Waals surface area contributed by atoms with Gasteiger partial charge in [0.05, 0.1) is 24.3 Å². The maximum Gasteiger partial charge on any atom is 0.255 e. The summed E-state index contributed by atoms with van der Waals surface area (Å²) in [6, 6.07) is 2.81. The summed E-state index contributed by atoms with van der Waals surface area (Å²) in [5.41, 5.74) is 1.89.